The fourth-order valence-electron chi connectivity index (χ4n) is 3.30. The fourth-order valence-corrected chi connectivity index (χ4v) is 3.30. The summed E-state index contributed by atoms with van der Waals surface area (Å²) in [6.45, 7) is 3.61. The summed E-state index contributed by atoms with van der Waals surface area (Å²) in [7, 11) is 1.59. The zero-order valence-electron chi connectivity index (χ0n) is 15.2. The highest BCUT2D eigenvalue weighted by Crippen LogP contribution is 2.19. The van der Waals surface area contributed by atoms with Gasteiger partial charge in [-0.2, -0.15) is 0 Å². The number of methoxy groups -OCH3 is 1. The highest BCUT2D eigenvalue weighted by molar-refractivity contribution is 5.80. The third kappa shape index (κ3) is 4.66. The van der Waals surface area contributed by atoms with Crippen LogP contribution in [0.4, 0.5) is 0 Å². The molecule has 2 heterocycles. The van der Waals surface area contributed by atoms with Gasteiger partial charge in [-0.25, -0.2) is 0 Å². The molecule has 0 N–H and O–H groups in total. The van der Waals surface area contributed by atoms with Crippen LogP contribution in [0.3, 0.4) is 0 Å². The van der Waals surface area contributed by atoms with Gasteiger partial charge in [-0.1, -0.05) is 6.07 Å². The highest BCUT2D eigenvalue weighted by Gasteiger charge is 2.29. The minimum Gasteiger partial charge on any atom is -0.497 e. The third-order valence-corrected chi connectivity index (χ3v) is 4.84. The number of carbonyl (C=O) groups excluding carboxylic acids is 2. The summed E-state index contributed by atoms with van der Waals surface area (Å²) < 4.78 is 16.1. The van der Waals surface area contributed by atoms with Crippen molar-refractivity contribution in [1.29, 1.82) is 0 Å². The van der Waals surface area contributed by atoms with E-state index in [4.69, 9.17) is 14.2 Å². The van der Waals surface area contributed by atoms with Crippen LogP contribution in [0.25, 0.3) is 0 Å². The maximum Gasteiger partial charge on any atom is 0.260 e. The molecule has 0 saturated carbocycles. The van der Waals surface area contributed by atoms with Crippen LogP contribution in [-0.2, 0) is 14.3 Å². The van der Waals surface area contributed by atoms with Crippen molar-refractivity contribution in [2.45, 2.75) is 12.8 Å². The van der Waals surface area contributed by atoms with Crippen molar-refractivity contribution >= 4 is 11.8 Å². The van der Waals surface area contributed by atoms with E-state index in [0.29, 0.717) is 50.9 Å². The van der Waals surface area contributed by atoms with Gasteiger partial charge in [-0.3, -0.25) is 9.59 Å². The minimum absolute atomic E-state index is 0.0163. The molecule has 0 aromatic heterocycles. The summed E-state index contributed by atoms with van der Waals surface area (Å²) in [5, 5.41) is 0. The Bertz CT molecular complexity index is 630. The zero-order valence-corrected chi connectivity index (χ0v) is 15.2. The number of hydrogen-bond acceptors (Lipinski definition) is 5. The Morgan fingerprint density at radius 3 is 2.69 bits per heavy atom. The van der Waals surface area contributed by atoms with Crippen LogP contribution in [0.2, 0.25) is 0 Å². The second-order valence-corrected chi connectivity index (χ2v) is 6.59. The van der Waals surface area contributed by atoms with Gasteiger partial charge in [0.15, 0.2) is 6.61 Å². The van der Waals surface area contributed by atoms with Gasteiger partial charge >= 0.3 is 0 Å². The maximum atomic E-state index is 12.5. The van der Waals surface area contributed by atoms with Crippen molar-refractivity contribution in [3.05, 3.63) is 24.3 Å². The van der Waals surface area contributed by atoms with E-state index in [9.17, 15) is 9.59 Å². The first kappa shape index (κ1) is 18.5. The average molecular weight is 362 g/mol. The molecule has 0 spiro atoms. The average Bonchev–Trinajstić information content (AvgIpc) is 3.10. The number of nitrogens with zero attached hydrogens (tertiary/aromatic N) is 2. The molecule has 142 valence electrons. The van der Waals surface area contributed by atoms with Crippen LogP contribution < -0.4 is 9.47 Å². The number of hydrogen-bond donors (Lipinski definition) is 0. The standard InChI is InChI=1S/C19H26N2O5/c1-24-16-4-2-5-17(12-16)26-14-18(22)20-7-3-8-21(10-9-20)19(23)15-6-11-25-13-15/h2,4-5,12,15H,3,6-11,13-14H2,1H3. The van der Waals surface area contributed by atoms with Crippen molar-refractivity contribution in [2.75, 3.05) is 53.1 Å². The highest BCUT2D eigenvalue weighted by atomic mass is 16.5. The molecule has 7 nitrogen and oxygen atoms in total. The molecule has 2 amide bonds. The van der Waals surface area contributed by atoms with Crippen LogP contribution in [0, 0.1) is 5.92 Å². The Kier molecular flexibility index (Phi) is 6.33. The second kappa shape index (κ2) is 8.89. The van der Waals surface area contributed by atoms with Crippen molar-refractivity contribution in [2.24, 2.45) is 5.92 Å². The SMILES string of the molecule is COc1cccc(OCC(=O)N2CCCN(C(=O)C3CCOC3)CC2)c1. The molecule has 3 rings (SSSR count). The van der Waals surface area contributed by atoms with E-state index in [0.717, 1.165) is 12.8 Å². The molecule has 1 aromatic rings. The maximum absolute atomic E-state index is 12.5. The molecule has 2 saturated heterocycles. The van der Waals surface area contributed by atoms with Crippen LogP contribution in [-0.4, -0.2) is 74.7 Å². The normalized spacial score (nSPS) is 20.6. The van der Waals surface area contributed by atoms with Crippen LogP contribution in [0.1, 0.15) is 12.8 Å². The summed E-state index contributed by atoms with van der Waals surface area (Å²) in [4.78, 5) is 28.6. The molecule has 0 aliphatic carbocycles. The Morgan fingerprint density at radius 1 is 1.15 bits per heavy atom. The lowest BCUT2D eigenvalue weighted by atomic mass is 10.1. The molecule has 1 atom stereocenters. The van der Waals surface area contributed by atoms with E-state index in [1.165, 1.54) is 0 Å². The molecule has 1 aromatic carbocycles. The molecule has 2 fully saturated rings. The first-order chi connectivity index (χ1) is 12.7. The van der Waals surface area contributed by atoms with Gasteiger partial charge in [0.05, 0.1) is 19.6 Å². The largest absolute Gasteiger partial charge is 0.497 e. The van der Waals surface area contributed by atoms with E-state index in [1.54, 1.807) is 24.1 Å². The first-order valence-corrected chi connectivity index (χ1v) is 9.08. The summed E-state index contributed by atoms with van der Waals surface area (Å²) in [5.41, 5.74) is 0. The minimum atomic E-state index is -0.0636. The lowest BCUT2D eigenvalue weighted by Gasteiger charge is -2.24. The van der Waals surface area contributed by atoms with E-state index in [-0.39, 0.29) is 24.3 Å². The second-order valence-electron chi connectivity index (χ2n) is 6.59. The van der Waals surface area contributed by atoms with Crippen molar-refractivity contribution < 1.29 is 23.8 Å². The lowest BCUT2D eigenvalue weighted by Crippen LogP contribution is -2.41. The lowest BCUT2D eigenvalue weighted by molar-refractivity contribution is -0.137. The van der Waals surface area contributed by atoms with Crippen molar-refractivity contribution in [3.8, 4) is 11.5 Å². The predicted molar refractivity (Wildman–Crippen MR) is 95.2 cm³/mol. The molecule has 2 aliphatic heterocycles. The summed E-state index contributed by atoms with van der Waals surface area (Å²) in [6.07, 6.45) is 1.58. The van der Waals surface area contributed by atoms with E-state index < -0.39 is 0 Å². The summed E-state index contributed by atoms with van der Waals surface area (Å²) >= 11 is 0. The summed E-state index contributed by atoms with van der Waals surface area (Å²) in [5.74, 6) is 1.37. The molecule has 7 heteroatoms. The number of amides is 2. The van der Waals surface area contributed by atoms with Crippen LogP contribution >= 0.6 is 0 Å². The fraction of sp³-hybridized carbons (Fsp3) is 0.579. The Balaban J connectivity index is 1.48. The third-order valence-electron chi connectivity index (χ3n) is 4.84. The Morgan fingerprint density at radius 2 is 1.92 bits per heavy atom. The Labute approximate surface area is 153 Å². The number of carbonyl (C=O) groups is 2. The van der Waals surface area contributed by atoms with Gasteiger partial charge in [0.2, 0.25) is 5.91 Å². The monoisotopic (exact) mass is 362 g/mol. The van der Waals surface area contributed by atoms with Gasteiger partial charge in [-0.05, 0) is 25.0 Å². The van der Waals surface area contributed by atoms with Gasteiger partial charge in [0.25, 0.3) is 5.91 Å². The van der Waals surface area contributed by atoms with Crippen molar-refractivity contribution in [3.63, 3.8) is 0 Å². The van der Waals surface area contributed by atoms with E-state index in [2.05, 4.69) is 0 Å². The van der Waals surface area contributed by atoms with Gasteiger partial charge in [0, 0.05) is 38.9 Å². The quantitative estimate of drug-likeness (QED) is 0.787. The van der Waals surface area contributed by atoms with Crippen LogP contribution in [0.5, 0.6) is 11.5 Å². The van der Waals surface area contributed by atoms with Crippen molar-refractivity contribution in [1.82, 2.24) is 9.80 Å². The number of benzene rings is 1. The molecule has 26 heavy (non-hydrogen) atoms. The molecule has 0 bridgehead atoms. The molecular formula is C19H26N2O5. The molecule has 2 aliphatic rings. The first-order valence-electron chi connectivity index (χ1n) is 9.08. The van der Waals surface area contributed by atoms with E-state index >= 15 is 0 Å². The Hall–Kier alpha value is -2.28. The summed E-state index contributed by atoms with van der Waals surface area (Å²) in [6, 6.07) is 7.19. The van der Waals surface area contributed by atoms with Crippen LogP contribution in [0.15, 0.2) is 24.3 Å². The zero-order chi connectivity index (χ0) is 18.4. The number of rotatable bonds is 5. The topological polar surface area (TPSA) is 68.3 Å². The molecular weight excluding hydrogens is 336 g/mol. The van der Waals surface area contributed by atoms with Gasteiger partial charge in [-0.15, -0.1) is 0 Å². The van der Waals surface area contributed by atoms with Gasteiger partial charge < -0.3 is 24.0 Å². The number of ether oxygens (including phenoxy) is 3. The molecule has 1 unspecified atom stereocenters. The molecule has 0 radical (unpaired) electrons. The predicted octanol–water partition coefficient (Wildman–Crippen LogP) is 1.17. The smallest absolute Gasteiger partial charge is 0.260 e. The van der Waals surface area contributed by atoms with E-state index in [1.807, 2.05) is 17.0 Å². The van der Waals surface area contributed by atoms with Gasteiger partial charge in [0.1, 0.15) is 11.5 Å².